The number of rotatable bonds is 4. The minimum Gasteiger partial charge on any atom is -0.512 e. The number of hydrogen-bond donors (Lipinski definition) is 2. The van der Waals surface area contributed by atoms with E-state index in [1.54, 1.807) is 7.11 Å². The molecule has 2 N–H and O–H groups in total. The second kappa shape index (κ2) is 6.62. The summed E-state index contributed by atoms with van der Waals surface area (Å²) in [7, 11) is 1.68. The SMILES string of the molecule is COc1ccc2c(c1)C(CN1CCC(O)=C(C(=O)O)C1)CCC2. The summed E-state index contributed by atoms with van der Waals surface area (Å²) in [5.74, 6) is 0.277. The molecule has 5 nitrogen and oxygen atoms in total. The lowest BCUT2D eigenvalue weighted by atomic mass is 9.82. The third-order valence-corrected chi connectivity index (χ3v) is 4.92. The molecule has 2 aliphatic rings. The highest BCUT2D eigenvalue weighted by molar-refractivity contribution is 5.87. The lowest BCUT2D eigenvalue weighted by Crippen LogP contribution is -2.37. The Morgan fingerprint density at radius 3 is 2.96 bits per heavy atom. The molecule has 3 rings (SSSR count). The Balaban J connectivity index is 1.76. The third-order valence-electron chi connectivity index (χ3n) is 4.92. The van der Waals surface area contributed by atoms with Gasteiger partial charge >= 0.3 is 5.97 Å². The first kappa shape index (κ1) is 15.9. The number of methoxy groups -OCH3 is 1. The van der Waals surface area contributed by atoms with Crippen molar-refractivity contribution in [2.75, 3.05) is 26.7 Å². The number of fused-ring (bicyclic) bond motifs is 1. The number of carboxylic acid groups (broad SMARTS) is 1. The third kappa shape index (κ3) is 3.34. The van der Waals surface area contributed by atoms with Crippen LogP contribution in [0.4, 0.5) is 0 Å². The molecule has 0 saturated carbocycles. The number of carboxylic acids is 1. The van der Waals surface area contributed by atoms with Crippen LogP contribution < -0.4 is 4.74 Å². The Morgan fingerprint density at radius 2 is 2.22 bits per heavy atom. The topological polar surface area (TPSA) is 70.0 Å². The number of aliphatic hydroxyl groups excluding tert-OH is 1. The molecule has 0 spiro atoms. The van der Waals surface area contributed by atoms with Crippen molar-refractivity contribution in [2.45, 2.75) is 31.6 Å². The number of aliphatic hydroxyl groups is 1. The lowest BCUT2D eigenvalue weighted by molar-refractivity contribution is -0.133. The van der Waals surface area contributed by atoms with Crippen molar-refractivity contribution in [3.05, 3.63) is 40.7 Å². The minimum atomic E-state index is -1.02. The summed E-state index contributed by atoms with van der Waals surface area (Å²) in [6.07, 6.45) is 3.77. The molecule has 0 bridgehead atoms. The fraction of sp³-hybridized carbons (Fsp3) is 0.500. The number of nitrogens with zero attached hydrogens (tertiary/aromatic N) is 1. The predicted molar refractivity (Wildman–Crippen MR) is 87.0 cm³/mol. The first-order chi connectivity index (χ1) is 11.1. The average molecular weight is 317 g/mol. The molecule has 0 saturated heterocycles. The molecule has 124 valence electrons. The summed E-state index contributed by atoms with van der Waals surface area (Å²) in [6, 6.07) is 6.27. The van der Waals surface area contributed by atoms with Crippen molar-refractivity contribution in [3.63, 3.8) is 0 Å². The van der Waals surface area contributed by atoms with Crippen LogP contribution in [0.1, 0.15) is 36.3 Å². The van der Waals surface area contributed by atoms with Crippen LogP contribution >= 0.6 is 0 Å². The maximum absolute atomic E-state index is 11.2. The van der Waals surface area contributed by atoms with Gasteiger partial charge in [0.15, 0.2) is 0 Å². The van der Waals surface area contributed by atoms with Crippen LogP contribution in [0.15, 0.2) is 29.5 Å². The quantitative estimate of drug-likeness (QED) is 0.893. The zero-order chi connectivity index (χ0) is 16.4. The molecule has 1 aliphatic heterocycles. The molecule has 0 fully saturated rings. The van der Waals surface area contributed by atoms with Crippen molar-refractivity contribution >= 4 is 5.97 Å². The summed E-state index contributed by atoms with van der Waals surface area (Å²) in [5, 5.41) is 18.9. The summed E-state index contributed by atoms with van der Waals surface area (Å²) >= 11 is 0. The minimum absolute atomic E-state index is 0.0273. The molecule has 23 heavy (non-hydrogen) atoms. The molecule has 1 aromatic rings. The maximum atomic E-state index is 11.2. The Kier molecular flexibility index (Phi) is 4.57. The summed E-state index contributed by atoms with van der Waals surface area (Å²) in [4.78, 5) is 13.4. The van der Waals surface area contributed by atoms with Crippen molar-refractivity contribution in [2.24, 2.45) is 0 Å². The number of benzene rings is 1. The number of carbonyl (C=O) groups is 1. The van der Waals surface area contributed by atoms with Crippen LogP contribution in [0, 0.1) is 0 Å². The monoisotopic (exact) mass is 317 g/mol. The van der Waals surface area contributed by atoms with Crippen molar-refractivity contribution in [1.82, 2.24) is 4.90 Å². The van der Waals surface area contributed by atoms with E-state index in [0.29, 0.717) is 25.4 Å². The molecule has 0 aromatic heterocycles. The molecule has 1 unspecified atom stereocenters. The number of aryl methyl sites for hydroxylation is 1. The van der Waals surface area contributed by atoms with Gasteiger partial charge in [-0.3, -0.25) is 4.90 Å². The van der Waals surface area contributed by atoms with Gasteiger partial charge in [0.05, 0.1) is 12.7 Å². The van der Waals surface area contributed by atoms with Crippen LogP contribution in [0.3, 0.4) is 0 Å². The van der Waals surface area contributed by atoms with Gasteiger partial charge in [0.1, 0.15) is 11.5 Å². The van der Waals surface area contributed by atoms with Gasteiger partial charge in [-0.2, -0.15) is 0 Å². The molecular formula is C18H23NO4. The van der Waals surface area contributed by atoms with E-state index < -0.39 is 5.97 Å². The highest BCUT2D eigenvalue weighted by atomic mass is 16.5. The van der Waals surface area contributed by atoms with Crippen LogP contribution in [0.2, 0.25) is 0 Å². The van der Waals surface area contributed by atoms with E-state index in [0.717, 1.165) is 31.6 Å². The Bertz CT molecular complexity index is 638. The molecule has 1 aliphatic carbocycles. The number of hydrogen-bond acceptors (Lipinski definition) is 4. The Hall–Kier alpha value is -2.01. The van der Waals surface area contributed by atoms with Gasteiger partial charge in [-0.15, -0.1) is 0 Å². The first-order valence-electron chi connectivity index (χ1n) is 8.12. The van der Waals surface area contributed by atoms with Gasteiger partial charge in [0.25, 0.3) is 0 Å². The molecule has 0 radical (unpaired) electrons. The van der Waals surface area contributed by atoms with Crippen LogP contribution in [-0.2, 0) is 11.2 Å². The first-order valence-corrected chi connectivity index (χ1v) is 8.12. The van der Waals surface area contributed by atoms with E-state index >= 15 is 0 Å². The Morgan fingerprint density at radius 1 is 1.39 bits per heavy atom. The summed E-state index contributed by atoms with van der Waals surface area (Å²) < 4.78 is 5.35. The summed E-state index contributed by atoms with van der Waals surface area (Å²) in [5.41, 5.74) is 2.83. The van der Waals surface area contributed by atoms with Crippen LogP contribution in [0.5, 0.6) is 5.75 Å². The van der Waals surface area contributed by atoms with E-state index in [1.165, 1.54) is 11.1 Å². The smallest absolute Gasteiger partial charge is 0.336 e. The van der Waals surface area contributed by atoms with E-state index in [4.69, 9.17) is 4.74 Å². The predicted octanol–water partition coefficient (Wildman–Crippen LogP) is 2.72. The zero-order valence-corrected chi connectivity index (χ0v) is 13.4. The van der Waals surface area contributed by atoms with E-state index in [9.17, 15) is 15.0 Å². The lowest BCUT2D eigenvalue weighted by Gasteiger charge is -2.33. The molecule has 1 atom stereocenters. The van der Waals surface area contributed by atoms with Crippen molar-refractivity contribution in [3.8, 4) is 5.75 Å². The van der Waals surface area contributed by atoms with Gasteiger partial charge in [0, 0.05) is 26.1 Å². The fourth-order valence-corrected chi connectivity index (χ4v) is 3.66. The standard InChI is InChI=1S/C18H23NO4/c1-23-14-6-5-12-3-2-4-13(15(12)9-14)10-19-8-7-17(20)16(11-19)18(21)22/h5-6,9,13,20H,2-4,7-8,10-11H2,1H3,(H,21,22). The molecular weight excluding hydrogens is 294 g/mol. The van der Waals surface area contributed by atoms with Crippen LogP contribution in [0.25, 0.3) is 0 Å². The largest absolute Gasteiger partial charge is 0.512 e. The van der Waals surface area contributed by atoms with Gasteiger partial charge in [-0.1, -0.05) is 6.07 Å². The summed E-state index contributed by atoms with van der Waals surface area (Å²) in [6.45, 7) is 1.85. The van der Waals surface area contributed by atoms with Gasteiger partial charge in [0.2, 0.25) is 0 Å². The van der Waals surface area contributed by atoms with Crippen molar-refractivity contribution < 1.29 is 19.7 Å². The molecule has 5 heteroatoms. The van der Waals surface area contributed by atoms with Gasteiger partial charge in [-0.05, 0) is 48.4 Å². The average Bonchev–Trinajstić information content (AvgIpc) is 2.56. The van der Waals surface area contributed by atoms with Gasteiger partial charge < -0.3 is 14.9 Å². The second-order valence-corrected chi connectivity index (χ2v) is 6.37. The van der Waals surface area contributed by atoms with Crippen LogP contribution in [-0.4, -0.2) is 47.8 Å². The maximum Gasteiger partial charge on any atom is 0.336 e. The van der Waals surface area contributed by atoms with Gasteiger partial charge in [-0.25, -0.2) is 4.79 Å². The molecule has 1 aromatic carbocycles. The normalized spacial score (nSPS) is 21.9. The Labute approximate surface area is 136 Å². The second-order valence-electron chi connectivity index (χ2n) is 6.37. The number of aliphatic carboxylic acids is 1. The number of ether oxygens (including phenoxy) is 1. The van der Waals surface area contributed by atoms with E-state index in [-0.39, 0.29) is 11.3 Å². The molecule has 1 heterocycles. The fourth-order valence-electron chi connectivity index (χ4n) is 3.66. The van der Waals surface area contributed by atoms with Crippen molar-refractivity contribution in [1.29, 1.82) is 0 Å². The molecule has 0 amide bonds. The highest BCUT2D eigenvalue weighted by Gasteiger charge is 2.28. The highest BCUT2D eigenvalue weighted by Crippen LogP contribution is 2.35. The van der Waals surface area contributed by atoms with E-state index in [1.807, 2.05) is 6.07 Å². The zero-order valence-electron chi connectivity index (χ0n) is 13.4. The van der Waals surface area contributed by atoms with E-state index in [2.05, 4.69) is 17.0 Å².